The Morgan fingerprint density at radius 2 is 1.68 bits per heavy atom. The van der Waals surface area contributed by atoms with Crippen LogP contribution in [0.25, 0.3) is 32.3 Å². The molecule has 0 unspecified atom stereocenters. The molecule has 8 heteroatoms. The Labute approximate surface area is 188 Å². The zero-order valence-electron chi connectivity index (χ0n) is 16.6. The lowest BCUT2D eigenvalue weighted by atomic mass is 10.1. The normalized spacial score (nSPS) is 11.5. The van der Waals surface area contributed by atoms with Gasteiger partial charge in [-0.1, -0.05) is 41.9 Å². The number of hydrogen-bond acceptors (Lipinski definition) is 5. The number of thiazole rings is 1. The molecule has 1 heterocycles. The van der Waals surface area contributed by atoms with Gasteiger partial charge in [0.25, 0.3) is 0 Å². The van der Waals surface area contributed by atoms with Gasteiger partial charge in [0.15, 0.2) is 21.4 Å². The van der Waals surface area contributed by atoms with Gasteiger partial charge in [-0.15, -0.1) is 11.3 Å². The van der Waals surface area contributed by atoms with Crippen molar-refractivity contribution in [2.45, 2.75) is 4.90 Å². The molecule has 0 atom stereocenters. The molecule has 31 heavy (non-hydrogen) atoms. The van der Waals surface area contributed by atoms with Gasteiger partial charge in [-0.2, -0.15) is 0 Å². The summed E-state index contributed by atoms with van der Waals surface area (Å²) in [5, 5.41) is 1.24. The first kappa shape index (κ1) is 21.5. The van der Waals surface area contributed by atoms with Gasteiger partial charge < -0.3 is 4.74 Å². The van der Waals surface area contributed by atoms with Crippen molar-refractivity contribution in [3.63, 3.8) is 0 Å². The van der Waals surface area contributed by atoms with E-state index in [1.807, 2.05) is 18.2 Å². The van der Waals surface area contributed by atoms with Gasteiger partial charge in [-0.05, 0) is 42.0 Å². The predicted molar refractivity (Wildman–Crippen MR) is 123 cm³/mol. The van der Waals surface area contributed by atoms with Crippen molar-refractivity contribution in [3.05, 3.63) is 77.6 Å². The quantitative estimate of drug-likeness (QED) is 0.339. The minimum Gasteiger partial charge on any atom is -0.494 e. The van der Waals surface area contributed by atoms with Crippen molar-refractivity contribution in [1.82, 2.24) is 4.98 Å². The summed E-state index contributed by atoms with van der Waals surface area (Å²) in [5.41, 5.74) is 2.70. The minimum atomic E-state index is -3.31. The monoisotopic (exact) mass is 473 g/mol. The Bertz CT molecular complexity index is 1370. The first-order valence-electron chi connectivity index (χ1n) is 9.18. The van der Waals surface area contributed by atoms with Gasteiger partial charge in [0, 0.05) is 17.4 Å². The van der Waals surface area contributed by atoms with Crippen LogP contribution >= 0.6 is 22.9 Å². The van der Waals surface area contributed by atoms with Crippen LogP contribution in [0.3, 0.4) is 0 Å². The van der Waals surface area contributed by atoms with Crippen LogP contribution in [0.1, 0.15) is 0 Å². The van der Waals surface area contributed by atoms with E-state index in [1.54, 1.807) is 42.5 Å². The lowest BCUT2D eigenvalue weighted by Gasteiger charge is -2.06. The van der Waals surface area contributed by atoms with E-state index in [4.69, 9.17) is 21.3 Å². The SMILES string of the molecule is COc1ccc(-c2nc(-c3ccccc3Cl)sc2-c2ccc(S(C)(=O)=O)cc2)cc1F. The fourth-order valence-corrected chi connectivity index (χ4v) is 5.17. The third-order valence-corrected chi connectivity index (χ3v) is 7.30. The van der Waals surface area contributed by atoms with E-state index < -0.39 is 15.7 Å². The summed E-state index contributed by atoms with van der Waals surface area (Å²) in [7, 11) is -1.91. The molecular weight excluding hydrogens is 457 g/mol. The molecule has 4 rings (SSSR count). The number of ether oxygens (including phenoxy) is 1. The number of methoxy groups -OCH3 is 1. The van der Waals surface area contributed by atoms with Crippen molar-refractivity contribution < 1.29 is 17.5 Å². The Hall–Kier alpha value is -2.74. The van der Waals surface area contributed by atoms with Crippen LogP contribution in [-0.4, -0.2) is 26.8 Å². The molecule has 0 radical (unpaired) electrons. The van der Waals surface area contributed by atoms with E-state index in [0.717, 1.165) is 22.3 Å². The van der Waals surface area contributed by atoms with Crippen molar-refractivity contribution in [2.24, 2.45) is 0 Å². The second-order valence-electron chi connectivity index (χ2n) is 6.82. The van der Waals surface area contributed by atoms with Gasteiger partial charge in [-0.25, -0.2) is 17.8 Å². The first-order valence-corrected chi connectivity index (χ1v) is 12.3. The molecule has 4 nitrogen and oxygen atoms in total. The molecule has 0 aliphatic carbocycles. The van der Waals surface area contributed by atoms with Crippen molar-refractivity contribution in [2.75, 3.05) is 13.4 Å². The molecule has 0 spiro atoms. The van der Waals surface area contributed by atoms with E-state index >= 15 is 0 Å². The average molecular weight is 474 g/mol. The Kier molecular flexibility index (Phi) is 5.83. The molecule has 0 aliphatic heterocycles. The van der Waals surface area contributed by atoms with Crippen LogP contribution in [0.2, 0.25) is 5.02 Å². The third kappa shape index (κ3) is 4.35. The summed E-state index contributed by atoms with van der Waals surface area (Å²) in [6, 6.07) is 18.6. The fourth-order valence-electron chi connectivity index (χ4n) is 3.13. The van der Waals surface area contributed by atoms with Crippen LogP contribution in [0.5, 0.6) is 5.75 Å². The molecule has 3 aromatic carbocycles. The van der Waals surface area contributed by atoms with E-state index in [2.05, 4.69) is 0 Å². The van der Waals surface area contributed by atoms with E-state index in [-0.39, 0.29) is 10.6 Å². The Balaban J connectivity index is 1.91. The lowest BCUT2D eigenvalue weighted by Crippen LogP contribution is -1.96. The number of rotatable bonds is 5. The van der Waals surface area contributed by atoms with Gasteiger partial charge >= 0.3 is 0 Å². The maximum absolute atomic E-state index is 14.4. The molecule has 158 valence electrons. The molecule has 0 fully saturated rings. The van der Waals surface area contributed by atoms with Crippen LogP contribution in [0.15, 0.2) is 71.6 Å². The molecular formula is C23H17ClFNO3S2. The molecule has 0 bridgehead atoms. The summed E-state index contributed by atoms with van der Waals surface area (Å²) < 4.78 is 43.1. The number of sulfone groups is 1. The third-order valence-electron chi connectivity index (χ3n) is 4.70. The number of hydrogen-bond donors (Lipinski definition) is 0. The number of halogens is 2. The van der Waals surface area contributed by atoms with Crippen LogP contribution < -0.4 is 4.74 Å². The van der Waals surface area contributed by atoms with Crippen LogP contribution in [0.4, 0.5) is 4.39 Å². The van der Waals surface area contributed by atoms with E-state index in [1.165, 1.54) is 24.5 Å². The van der Waals surface area contributed by atoms with Gasteiger partial charge in [-0.3, -0.25) is 0 Å². The molecule has 0 aliphatic rings. The maximum atomic E-state index is 14.4. The highest BCUT2D eigenvalue weighted by Crippen LogP contribution is 2.42. The topological polar surface area (TPSA) is 56.3 Å². The minimum absolute atomic E-state index is 0.143. The van der Waals surface area contributed by atoms with E-state index in [0.29, 0.717) is 21.3 Å². The lowest BCUT2D eigenvalue weighted by molar-refractivity contribution is 0.386. The van der Waals surface area contributed by atoms with Crippen LogP contribution in [0, 0.1) is 5.82 Å². The Morgan fingerprint density at radius 3 is 2.29 bits per heavy atom. The molecule has 0 N–H and O–H groups in total. The standard InChI is InChI=1S/C23H17ClFNO3S2/c1-29-20-12-9-15(13-19(20)25)21-22(14-7-10-16(11-8-14)31(2,27)28)30-23(26-21)17-5-3-4-6-18(17)24/h3-13H,1-2H3. The first-order chi connectivity index (χ1) is 14.8. The Morgan fingerprint density at radius 1 is 1.00 bits per heavy atom. The second kappa shape index (κ2) is 8.42. The van der Waals surface area contributed by atoms with Crippen molar-refractivity contribution >= 4 is 32.8 Å². The molecule has 4 aromatic rings. The fraction of sp³-hybridized carbons (Fsp3) is 0.0870. The molecule has 0 saturated carbocycles. The highest BCUT2D eigenvalue weighted by Gasteiger charge is 2.19. The summed E-state index contributed by atoms with van der Waals surface area (Å²) in [4.78, 5) is 5.77. The molecule has 0 saturated heterocycles. The van der Waals surface area contributed by atoms with Gasteiger partial charge in [0.1, 0.15) is 5.01 Å². The number of aromatic nitrogens is 1. The summed E-state index contributed by atoms with van der Waals surface area (Å²) in [6.45, 7) is 0. The maximum Gasteiger partial charge on any atom is 0.175 e. The van der Waals surface area contributed by atoms with Crippen LogP contribution in [-0.2, 0) is 9.84 Å². The summed E-state index contributed by atoms with van der Waals surface area (Å²) >= 11 is 7.78. The summed E-state index contributed by atoms with van der Waals surface area (Å²) in [5.74, 6) is -0.352. The highest BCUT2D eigenvalue weighted by molar-refractivity contribution is 7.90. The smallest absolute Gasteiger partial charge is 0.175 e. The molecule has 0 amide bonds. The second-order valence-corrected chi connectivity index (χ2v) is 10.2. The zero-order chi connectivity index (χ0) is 22.2. The van der Waals surface area contributed by atoms with Gasteiger partial charge in [0.05, 0.1) is 27.6 Å². The predicted octanol–water partition coefficient (Wildman–Crippen LogP) is 6.35. The van der Waals surface area contributed by atoms with E-state index in [9.17, 15) is 12.8 Å². The highest BCUT2D eigenvalue weighted by atomic mass is 35.5. The van der Waals surface area contributed by atoms with Crippen molar-refractivity contribution in [3.8, 4) is 38.0 Å². The zero-order valence-corrected chi connectivity index (χ0v) is 19.0. The largest absolute Gasteiger partial charge is 0.494 e. The van der Waals surface area contributed by atoms with Gasteiger partial charge in [0.2, 0.25) is 0 Å². The summed E-state index contributed by atoms with van der Waals surface area (Å²) in [6.07, 6.45) is 1.16. The number of nitrogens with zero attached hydrogens (tertiary/aromatic N) is 1. The number of benzene rings is 3. The average Bonchev–Trinajstić information content (AvgIpc) is 3.18. The molecule has 1 aromatic heterocycles. The van der Waals surface area contributed by atoms with Crippen molar-refractivity contribution in [1.29, 1.82) is 0 Å².